The molecule has 0 spiro atoms. The maximum absolute atomic E-state index is 13.1. The van der Waals surface area contributed by atoms with Crippen LogP contribution in [0.1, 0.15) is 37.7 Å². The fraction of sp³-hybridized carbons (Fsp3) is 0.316. The molecule has 4 rings (SSSR count). The van der Waals surface area contributed by atoms with Crippen LogP contribution in [0.15, 0.2) is 45.7 Å². The van der Waals surface area contributed by atoms with Crippen molar-refractivity contribution < 1.29 is 4.79 Å². The molecule has 7 heteroatoms. The number of hydrogen-bond donors (Lipinski definition) is 0. The van der Waals surface area contributed by atoms with E-state index in [1.165, 1.54) is 29.5 Å². The van der Waals surface area contributed by atoms with E-state index in [0.717, 1.165) is 36.4 Å². The van der Waals surface area contributed by atoms with Gasteiger partial charge in [-0.2, -0.15) is 4.99 Å². The van der Waals surface area contributed by atoms with Crippen LogP contribution in [0.5, 0.6) is 0 Å². The number of aliphatic imine (C=N–C) groups is 1. The van der Waals surface area contributed by atoms with Crippen molar-refractivity contribution in [3.8, 4) is 0 Å². The summed E-state index contributed by atoms with van der Waals surface area (Å²) in [4.78, 5) is 24.6. The Kier molecular flexibility index (Phi) is 5.43. The molecule has 0 atom stereocenters. The molecular weight excluding hydrogens is 386 g/mol. The summed E-state index contributed by atoms with van der Waals surface area (Å²) < 4.78 is 0. The Bertz CT molecular complexity index is 857. The van der Waals surface area contributed by atoms with Gasteiger partial charge in [0, 0.05) is 22.6 Å². The lowest BCUT2D eigenvalue weighted by Crippen LogP contribution is -2.40. The molecule has 1 saturated heterocycles. The Morgan fingerprint density at radius 1 is 1.27 bits per heavy atom. The van der Waals surface area contributed by atoms with Crippen molar-refractivity contribution in [1.29, 1.82) is 0 Å². The highest BCUT2D eigenvalue weighted by molar-refractivity contribution is 8.18. The van der Waals surface area contributed by atoms with Crippen molar-refractivity contribution in [2.45, 2.75) is 38.1 Å². The summed E-state index contributed by atoms with van der Waals surface area (Å²) in [5, 5.41) is 3.99. The molecule has 2 aliphatic rings. The van der Waals surface area contributed by atoms with Gasteiger partial charge in [-0.1, -0.05) is 43.0 Å². The van der Waals surface area contributed by atoms with Gasteiger partial charge in [0.15, 0.2) is 5.17 Å². The summed E-state index contributed by atoms with van der Waals surface area (Å²) >= 11 is 8.99. The van der Waals surface area contributed by atoms with Crippen LogP contribution < -0.4 is 0 Å². The van der Waals surface area contributed by atoms with E-state index in [1.807, 2.05) is 40.6 Å². The monoisotopic (exact) mass is 403 g/mol. The van der Waals surface area contributed by atoms with Gasteiger partial charge in [0.05, 0.1) is 4.91 Å². The lowest BCUT2D eigenvalue weighted by Gasteiger charge is -2.30. The molecule has 0 radical (unpaired) electrons. The van der Waals surface area contributed by atoms with Gasteiger partial charge in [0.2, 0.25) is 5.13 Å². The number of nitrogens with zero attached hydrogens (tertiary/aromatic N) is 3. The van der Waals surface area contributed by atoms with Crippen molar-refractivity contribution in [2.24, 2.45) is 4.99 Å². The molecular formula is C19H18ClN3OS2. The minimum atomic E-state index is 0.0391. The normalized spacial score (nSPS) is 21.9. The van der Waals surface area contributed by atoms with Crippen molar-refractivity contribution in [1.82, 2.24) is 9.88 Å². The molecule has 134 valence electrons. The Hall–Kier alpha value is -1.63. The molecule has 2 heterocycles. The second-order valence-corrected chi connectivity index (χ2v) is 8.66. The summed E-state index contributed by atoms with van der Waals surface area (Å²) in [6.45, 7) is 0. The molecule has 26 heavy (non-hydrogen) atoms. The molecule has 4 nitrogen and oxygen atoms in total. The Morgan fingerprint density at radius 2 is 2.12 bits per heavy atom. The fourth-order valence-electron chi connectivity index (χ4n) is 3.33. The van der Waals surface area contributed by atoms with Gasteiger partial charge in [-0.05, 0) is 48.4 Å². The highest BCUT2D eigenvalue weighted by Gasteiger charge is 2.38. The number of amides is 1. The Labute approximate surface area is 166 Å². The van der Waals surface area contributed by atoms with Crippen LogP contribution in [-0.4, -0.2) is 27.0 Å². The van der Waals surface area contributed by atoms with Gasteiger partial charge in [-0.25, -0.2) is 4.98 Å². The molecule has 2 aromatic rings. The summed E-state index contributed by atoms with van der Waals surface area (Å²) in [6.07, 6.45) is 9.28. The average Bonchev–Trinajstić information content (AvgIpc) is 3.25. The summed E-state index contributed by atoms with van der Waals surface area (Å²) in [7, 11) is 0. The van der Waals surface area contributed by atoms with Gasteiger partial charge in [-0.3, -0.25) is 9.69 Å². The quantitative estimate of drug-likeness (QED) is 0.614. The summed E-state index contributed by atoms with van der Waals surface area (Å²) in [5.41, 5.74) is 0.924. The first kappa shape index (κ1) is 17.8. The number of thiazole rings is 1. The average molecular weight is 404 g/mol. The zero-order valence-corrected chi connectivity index (χ0v) is 16.5. The molecule has 1 aromatic heterocycles. The third-order valence-electron chi connectivity index (χ3n) is 4.53. The highest BCUT2D eigenvalue weighted by atomic mass is 35.5. The van der Waals surface area contributed by atoms with Crippen LogP contribution in [0.2, 0.25) is 5.02 Å². The number of halogens is 1. The lowest BCUT2D eigenvalue weighted by atomic mass is 9.94. The Balaban J connectivity index is 1.69. The summed E-state index contributed by atoms with van der Waals surface area (Å²) in [6, 6.07) is 7.77. The van der Waals surface area contributed by atoms with Crippen molar-refractivity contribution in [3.63, 3.8) is 0 Å². The number of hydrogen-bond acceptors (Lipinski definition) is 5. The first-order valence-electron chi connectivity index (χ1n) is 8.67. The predicted molar refractivity (Wildman–Crippen MR) is 110 cm³/mol. The number of benzene rings is 1. The number of rotatable bonds is 3. The maximum Gasteiger partial charge on any atom is 0.267 e. The number of amidine groups is 1. The molecule has 2 fully saturated rings. The predicted octanol–water partition coefficient (Wildman–Crippen LogP) is 5.73. The molecule has 0 unspecified atom stereocenters. The van der Waals surface area contributed by atoms with E-state index >= 15 is 0 Å². The van der Waals surface area contributed by atoms with Crippen molar-refractivity contribution in [2.75, 3.05) is 0 Å². The smallest absolute Gasteiger partial charge is 0.267 e. The van der Waals surface area contributed by atoms with Crippen LogP contribution in [0.3, 0.4) is 0 Å². The van der Waals surface area contributed by atoms with Crippen LogP contribution in [-0.2, 0) is 4.79 Å². The number of carbonyl (C=O) groups is 1. The van der Waals surface area contributed by atoms with E-state index in [9.17, 15) is 4.79 Å². The molecule has 1 amide bonds. The van der Waals surface area contributed by atoms with Crippen molar-refractivity contribution >= 4 is 57.0 Å². The second kappa shape index (κ2) is 7.94. The van der Waals surface area contributed by atoms with E-state index in [0.29, 0.717) is 15.1 Å². The van der Waals surface area contributed by atoms with E-state index in [1.54, 1.807) is 6.20 Å². The molecule has 1 saturated carbocycles. The number of carbonyl (C=O) groups excluding carboxylic acids is 1. The second-order valence-electron chi connectivity index (χ2n) is 6.34. The molecule has 0 N–H and O–H groups in total. The van der Waals surface area contributed by atoms with E-state index in [-0.39, 0.29) is 11.9 Å². The molecule has 1 aliphatic carbocycles. The first-order valence-corrected chi connectivity index (χ1v) is 10.7. The van der Waals surface area contributed by atoms with Gasteiger partial charge < -0.3 is 0 Å². The van der Waals surface area contributed by atoms with E-state index in [4.69, 9.17) is 11.6 Å². The Morgan fingerprint density at radius 3 is 2.85 bits per heavy atom. The largest absolute Gasteiger partial charge is 0.283 e. The topological polar surface area (TPSA) is 45.6 Å². The van der Waals surface area contributed by atoms with Gasteiger partial charge >= 0.3 is 0 Å². The van der Waals surface area contributed by atoms with Crippen molar-refractivity contribution in [3.05, 3.63) is 51.3 Å². The lowest BCUT2D eigenvalue weighted by molar-refractivity contribution is -0.124. The van der Waals surface area contributed by atoms with Crippen LogP contribution in [0.25, 0.3) is 6.08 Å². The SMILES string of the molecule is O=C1/C(=C/c2cccc(Cl)c2)S/C(=N/c2nccs2)N1C1CCCCC1. The third-order valence-corrected chi connectivity index (χ3v) is 6.42. The fourth-order valence-corrected chi connectivity index (χ4v) is 5.13. The van der Waals surface area contributed by atoms with Gasteiger partial charge in [-0.15, -0.1) is 11.3 Å². The third kappa shape index (κ3) is 3.87. The van der Waals surface area contributed by atoms with Gasteiger partial charge in [0.25, 0.3) is 5.91 Å². The van der Waals surface area contributed by atoms with Gasteiger partial charge in [0.1, 0.15) is 0 Å². The zero-order chi connectivity index (χ0) is 17.9. The van der Waals surface area contributed by atoms with Crippen LogP contribution in [0.4, 0.5) is 5.13 Å². The summed E-state index contributed by atoms with van der Waals surface area (Å²) in [5.74, 6) is 0.0391. The molecule has 1 aliphatic heterocycles. The van der Waals surface area contributed by atoms with Crippen LogP contribution >= 0.6 is 34.7 Å². The minimum Gasteiger partial charge on any atom is -0.283 e. The minimum absolute atomic E-state index is 0.0391. The first-order chi connectivity index (χ1) is 12.7. The molecule has 0 bridgehead atoms. The number of thioether (sulfide) groups is 1. The molecule has 1 aromatic carbocycles. The standard InChI is InChI=1S/C19H18ClN3OS2/c20-14-6-4-5-13(11-14)12-16-17(24)23(15-7-2-1-3-8-15)19(26-16)22-18-21-9-10-25-18/h4-6,9-12,15H,1-3,7-8H2/b16-12-,22-19+. The van der Waals surface area contributed by atoms with Crippen LogP contribution in [0, 0.1) is 0 Å². The number of aromatic nitrogens is 1. The van der Waals surface area contributed by atoms with E-state index in [2.05, 4.69) is 9.98 Å². The maximum atomic E-state index is 13.1. The highest BCUT2D eigenvalue weighted by Crippen LogP contribution is 2.38. The van der Waals surface area contributed by atoms with E-state index < -0.39 is 0 Å². The zero-order valence-electron chi connectivity index (χ0n) is 14.1.